The van der Waals surface area contributed by atoms with Gasteiger partial charge >= 0.3 is 0 Å². The minimum Gasteiger partial charge on any atom is -0.376 e. The highest BCUT2D eigenvalue weighted by Gasteiger charge is 2.56. The van der Waals surface area contributed by atoms with E-state index in [2.05, 4.69) is 9.62 Å². The fourth-order valence-corrected chi connectivity index (χ4v) is 5.99. The molecule has 2 aliphatic rings. The van der Waals surface area contributed by atoms with Gasteiger partial charge in [-0.05, 0) is 39.1 Å². The van der Waals surface area contributed by atoms with Crippen LogP contribution in [-0.2, 0) is 21.2 Å². The van der Waals surface area contributed by atoms with Gasteiger partial charge in [0, 0.05) is 23.4 Å². The highest BCUT2D eigenvalue weighted by Crippen LogP contribution is 2.41. The lowest BCUT2D eigenvalue weighted by Gasteiger charge is -2.50. The van der Waals surface area contributed by atoms with Gasteiger partial charge in [-0.1, -0.05) is 6.92 Å². The molecule has 1 saturated carbocycles. The van der Waals surface area contributed by atoms with Crippen molar-refractivity contribution >= 4 is 21.4 Å². The summed E-state index contributed by atoms with van der Waals surface area (Å²) in [4.78, 5) is 3.15. The first-order valence-electron chi connectivity index (χ1n) is 7.33. The second-order valence-corrected chi connectivity index (χ2v) is 9.07. The number of aryl methyl sites for hydroxylation is 1. The molecule has 0 radical (unpaired) electrons. The number of fused-ring (bicyclic) bond motifs is 1. The van der Waals surface area contributed by atoms with E-state index in [9.17, 15) is 8.42 Å². The molecule has 0 unspecified atom stereocenters. The minimum atomic E-state index is -3.43. The summed E-state index contributed by atoms with van der Waals surface area (Å²) in [6.45, 7) is 2.76. The normalized spacial score (nSPS) is 32.2. The highest BCUT2D eigenvalue weighted by atomic mass is 32.2. The Morgan fingerprint density at radius 3 is 2.81 bits per heavy atom. The molecule has 1 saturated heterocycles. The zero-order valence-corrected chi connectivity index (χ0v) is 14.2. The van der Waals surface area contributed by atoms with Crippen LogP contribution in [-0.4, -0.2) is 52.2 Å². The van der Waals surface area contributed by atoms with Crippen molar-refractivity contribution in [2.75, 3.05) is 20.7 Å². The summed E-state index contributed by atoms with van der Waals surface area (Å²) >= 11 is 1.36. The van der Waals surface area contributed by atoms with Gasteiger partial charge < -0.3 is 9.64 Å². The van der Waals surface area contributed by atoms with Crippen molar-refractivity contribution in [1.82, 2.24) is 9.62 Å². The zero-order valence-electron chi connectivity index (χ0n) is 12.6. The van der Waals surface area contributed by atoms with Crippen LogP contribution in [0.15, 0.2) is 16.3 Å². The topological polar surface area (TPSA) is 58.6 Å². The third-order valence-corrected chi connectivity index (χ3v) is 7.67. The van der Waals surface area contributed by atoms with Crippen LogP contribution < -0.4 is 4.72 Å². The fraction of sp³-hybridized carbons (Fsp3) is 0.714. The second-order valence-electron chi connectivity index (χ2n) is 5.96. The third-order valence-electron chi connectivity index (χ3n) is 4.49. The molecule has 1 aromatic heterocycles. The van der Waals surface area contributed by atoms with Gasteiger partial charge in [0.15, 0.2) is 0 Å². The number of hydrogen-bond acceptors (Lipinski definition) is 5. The van der Waals surface area contributed by atoms with E-state index in [4.69, 9.17) is 4.74 Å². The van der Waals surface area contributed by atoms with Crippen LogP contribution in [0.5, 0.6) is 0 Å². The predicted molar refractivity (Wildman–Crippen MR) is 83.1 cm³/mol. The van der Waals surface area contributed by atoms with E-state index >= 15 is 0 Å². The molecule has 5 nitrogen and oxygen atoms in total. The molecule has 0 bridgehead atoms. The number of rotatable bonds is 5. The van der Waals surface area contributed by atoms with Gasteiger partial charge in [-0.25, -0.2) is 13.1 Å². The Bertz CT molecular complexity index is 611. The Hall–Kier alpha value is -0.470. The molecule has 3 rings (SSSR count). The van der Waals surface area contributed by atoms with Crippen molar-refractivity contribution in [3.8, 4) is 0 Å². The Morgan fingerprint density at radius 1 is 1.43 bits per heavy atom. The van der Waals surface area contributed by atoms with Crippen molar-refractivity contribution in [3.63, 3.8) is 0 Å². The SMILES string of the molecule is CCc1ccc(S(=O)(=O)N[C@@H]2[C@@H]3CCO[C@@H]3[C@H]2N(C)C)s1. The van der Waals surface area contributed by atoms with Crippen LogP contribution in [0.1, 0.15) is 18.2 Å². The molecule has 0 aromatic carbocycles. The molecular formula is C14H22N2O3S2. The summed E-state index contributed by atoms with van der Waals surface area (Å²) in [6, 6.07) is 3.67. The van der Waals surface area contributed by atoms with Crippen molar-refractivity contribution in [1.29, 1.82) is 0 Å². The Kier molecular flexibility index (Phi) is 4.13. The monoisotopic (exact) mass is 330 g/mol. The molecule has 1 aromatic rings. The van der Waals surface area contributed by atoms with Crippen LogP contribution in [0.3, 0.4) is 0 Å². The maximum absolute atomic E-state index is 12.6. The first-order chi connectivity index (χ1) is 9.94. The summed E-state index contributed by atoms with van der Waals surface area (Å²) in [5.74, 6) is 0.304. The minimum absolute atomic E-state index is 0.0512. The number of sulfonamides is 1. The molecular weight excluding hydrogens is 308 g/mol. The van der Waals surface area contributed by atoms with Crippen LogP contribution in [0.4, 0.5) is 0 Å². The van der Waals surface area contributed by atoms with Crippen molar-refractivity contribution in [2.24, 2.45) is 5.92 Å². The molecule has 0 spiro atoms. The Balaban J connectivity index is 1.78. The van der Waals surface area contributed by atoms with E-state index in [0.29, 0.717) is 10.1 Å². The average molecular weight is 330 g/mol. The quantitative estimate of drug-likeness (QED) is 0.884. The van der Waals surface area contributed by atoms with Gasteiger partial charge in [0.2, 0.25) is 10.0 Å². The molecule has 21 heavy (non-hydrogen) atoms. The number of nitrogens with zero attached hydrogens (tertiary/aromatic N) is 1. The molecule has 2 heterocycles. The smallest absolute Gasteiger partial charge is 0.250 e. The lowest BCUT2D eigenvalue weighted by atomic mass is 9.71. The molecule has 4 atom stereocenters. The Labute approximate surface area is 130 Å². The van der Waals surface area contributed by atoms with Gasteiger partial charge in [0.25, 0.3) is 0 Å². The van der Waals surface area contributed by atoms with E-state index in [1.54, 1.807) is 6.07 Å². The average Bonchev–Trinajstić information content (AvgIpc) is 3.02. The van der Waals surface area contributed by atoms with E-state index in [1.807, 2.05) is 27.1 Å². The standard InChI is InChI=1S/C14H22N2O3S2/c1-4-9-5-6-11(20-9)21(17,18)15-12-10-7-8-19-14(10)13(12)16(2)3/h5-6,10,12-15H,4,7-8H2,1-3H3/t10-,12+,13-,14-/m0/s1. The highest BCUT2D eigenvalue weighted by molar-refractivity contribution is 7.91. The van der Waals surface area contributed by atoms with Gasteiger partial charge in [0.1, 0.15) is 4.21 Å². The van der Waals surface area contributed by atoms with E-state index in [0.717, 1.165) is 24.3 Å². The van der Waals surface area contributed by atoms with Gasteiger partial charge in [0.05, 0.1) is 12.1 Å². The molecule has 7 heteroatoms. The summed E-state index contributed by atoms with van der Waals surface area (Å²) in [5, 5.41) is 0. The molecule has 0 amide bonds. The fourth-order valence-electron chi connectivity index (χ4n) is 3.38. The van der Waals surface area contributed by atoms with Gasteiger partial charge in [-0.3, -0.25) is 0 Å². The summed E-state index contributed by atoms with van der Waals surface area (Å²) in [5.41, 5.74) is 0. The van der Waals surface area contributed by atoms with E-state index in [-0.39, 0.29) is 18.2 Å². The van der Waals surface area contributed by atoms with Crippen LogP contribution in [0.2, 0.25) is 0 Å². The lowest BCUT2D eigenvalue weighted by Crippen LogP contribution is -2.69. The summed E-state index contributed by atoms with van der Waals surface area (Å²) in [7, 11) is 0.524. The molecule has 1 aliphatic heterocycles. The molecule has 1 N–H and O–H groups in total. The molecule has 118 valence electrons. The third kappa shape index (κ3) is 2.66. The van der Waals surface area contributed by atoms with Crippen LogP contribution >= 0.6 is 11.3 Å². The molecule has 2 fully saturated rings. The van der Waals surface area contributed by atoms with E-state index < -0.39 is 10.0 Å². The first-order valence-corrected chi connectivity index (χ1v) is 9.63. The lowest BCUT2D eigenvalue weighted by molar-refractivity contribution is -0.0626. The summed E-state index contributed by atoms with van der Waals surface area (Å²) < 4.78 is 34.2. The van der Waals surface area contributed by atoms with E-state index in [1.165, 1.54) is 11.3 Å². The summed E-state index contributed by atoms with van der Waals surface area (Å²) in [6.07, 6.45) is 1.97. The van der Waals surface area contributed by atoms with Gasteiger partial charge in [-0.2, -0.15) is 0 Å². The van der Waals surface area contributed by atoms with Crippen molar-refractivity contribution < 1.29 is 13.2 Å². The largest absolute Gasteiger partial charge is 0.376 e. The number of ether oxygens (including phenoxy) is 1. The first kappa shape index (κ1) is 15.4. The zero-order chi connectivity index (χ0) is 15.2. The number of likely N-dealkylation sites (N-methyl/N-ethyl adjacent to an activating group) is 1. The second kappa shape index (κ2) is 5.62. The number of thiophene rings is 1. The van der Waals surface area contributed by atoms with Crippen molar-refractivity contribution in [3.05, 3.63) is 17.0 Å². The predicted octanol–water partition coefficient (Wildman–Crippen LogP) is 1.31. The molecule has 1 aliphatic carbocycles. The number of nitrogens with one attached hydrogen (secondary N) is 1. The maximum atomic E-state index is 12.6. The van der Waals surface area contributed by atoms with Crippen LogP contribution in [0, 0.1) is 5.92 Å². The Morgan fingerprint density at radius 2 is 2.19 bits per heavy atom. The maximum Gasteiger partial charge on any atom is 0.250 e. The van der Waals surface area contributed by atoms with Crippen molar-refractivity contribution in [2.45, 2.75) is 42.2 Å². The van der Waals surface area contributed by atoms with Crippen LogP contribution in [0.25, 0.3) is 0 Å². The number of hydrogen-bond donors (Lipinski definition) is 1. The van der Waals surface area contributed by atoms with Gasteiger partial charge in [-0.15, -0.1) is 11.3 Å².